The minimum Gasteiger partial charge on any atom is -0.443 e. The maximum absolute atomic E-state index is 13.1. The molecule has 3 rings (SSSR count). The van der Waals surface area contributed by atoms with Crippen LogP contribution in [0.3, 0.4) is 0 Å². The van der Waals surface area contributed by atoms with E-state index in [4.69, 9.17) is 4.74 Å². The molecule has 0 spiro atoms. The van der Waals surface area contributed by atoms with E-state index in [2.05, 4.69) is 0 Å². The lowest BCUT2D eigenvalue weighted by Crippen LogP contribution is -2.35. The van der Waals surface area contributed by atoms with E-state index in [1.54, 1.807) is 0 Å². The average molecular weight is 335 g/mol. The van der Waals surface area contributed by atoms with Crippen LogP contribution in [0.5, 0.6) is 0 Å². The van der Waals surface area contributed by atoms with Gasteiger partial charge in [0.05, 0.1) is 11.7 Å². The van der Waals surface area contributed by atoms with E-state index in [1.165, 1.54) is 13.0 Å². The molecule has 1 aliphatic heterocycles. The van der Waals surface area contributed by atoms with Gasteiger partial charge in [0, 0.05) is 11.1 Å². The van der Waals surface area contributed by atoms with Crippen LogP contribution in [0.1, 0.15) is 46.5 Å². The van der Waals surface area contributed by atoms with E-state index in [1.807, 2.05) is 13.8 Å². The molecule has 5 nitrogen and oxygen atoms in total. The fraction of sp³-hybridized carbons (Fsp3) is 0.611. The SMILES string of the molecule is C/C(F)=C/[C@@H]1[C@@H](C(=O)OCN2C(=O)C3=C(CCCC3)C2=O)C1(C)C. The number of nitrogens with zero attached hydrogens (tertiary/aromatic N) is 1. The van der Waals surface area contributed by atoms with Crippen molar-refractivity contribution in [3.8, 4) is 0 Å². The molecule has 130 valence electrons. The van der Waals surface area contributed by atoms with Crippen LogP contribution in [0.25, 0.3) is 0 Å². The molecule has 2 atom stereocenters. The summed E-state index contributed by atoms with van der Waals surface area (Å²) in [6.07, 6.45) is 4.46. The van der Waals surface area contributed by atoms with Gasteiger partial charge in [-0.05, 0) is 50.0 Å². The van der Waals surface area contributed by atoms with Gasteiger partial charge >= 0.3 is 5.97 Å². The predicted molar refractivity (Wildman–Crippen MR) is 83.9 cm³/mol. The number of carbonyl (C=O) groups excluding carboxylic acids is 3. The summed E-state index contributed by atoms with van der Waals surface area (Å²) < 4.78 is 18.3. The summed E-state index contributed by atoms with van der Waals surface area (Å²) >= 11 is 0. The van der Waals surface area contributed by atoms with Crippen molar-refractivity contribution >= 4 is 17.8 Å². The summed E-state index contributed by atoms with van der Waals surface area (Å²) in [5.41, 5.74) is 0.770. The molecule has 0 N–H and O–H groups in total. The van der Waals surface area contributed by atoms with Crippen molar-refractivity contribution in [2.24, 2.45) is 17.3 Å². The molecule has 0 aromatic rings. The van der Waals surface area contributed by atoms with E-state index >= 15 is 0 Å². The van der Waals surface area contributed by atoms with E-state index in [9.17, 15) is 18.8 Å². The summed E-state index contributed by atoms with van der Waals surface area (Å²) in [4.78, 5) is 37.8. The molecule has 1 saturated carbocycles. The number of esters is 1. The third-order valence-corrected chi connectivity index (χ3v) is 5.38. The Balaban J connectivity index is 1.61. The Bertz CT molecular complexity index is 645. The Kier molecular flexibility index (Phi) is 4.10. The Morgan fingerprint density at radius 2 is 1.79 bits per heavy atom. The highest BCUT2D eigenvalue weighted by atomic mass is 19.1. The maximum Gasteiger partial charge on any atom is 0.311 e. The van der Waals surface area contributed by atoms with Crippen molar-refractivity contribution in [1.82, 2.24) is 4.90 Å². The predicted octanol–water partition coefficient (Wildman–Crippen LogP) is 2.87. The van der Waals surface area contributed by atoms with Gasteiger partial charge in [0.15, 0.2) is 6.73 Å². The number of hydrogen-bond acceptors (Lipinski definition) is 4. The highest BCUT2D eigenvalue weighted by Gasteiger charge is 2.61. The van der Waals surface area contributed by atoms with E-state index < -0.39 is 11.9 Å². The Morgan fingerprint density at radius 3 is 2.29 bits per heavy atom. The first-order chi connectivity index (χ1) is 11.2. The molecule has 2 aliphatic carbocycles. The highest BCUT2D eigenvalue weighted by molar-refractivity contribution is 6.19. The summed E-state index contributed by atoms with van der Waals surface area (Å²) in [5, 5.41) is 0. The number of allylic oxidation sites excluding steroid dienone is 2. The zero-order valence-electron chi connectivity index (χ0n) is 14.2. The van der Waals surface area contributed by atoms with Gasteiger partial charge in [-0.15, -0.1) is 0 Å². The van der Waals surface area contributed by atoms with Crippen molar-refractivity contribution in [3.63, 3.8) is 0 Å². The first-order valence-corrected chi connectivity index (χ1v) is 8.34. The van der Waals surface area contributed by atoms with Crippen molar-refractivity contribution < 1.29 is 23.5 Å². The molecule has 6 heteroatoms. The molecule has 1 fully saturated rings. The van der Waals surface area contributed by atoms with E-state index in [-0.39, 0.29) is 35.7 Å². The third-order valence-electron chi connectivity index (χ3n) is 5.38. The molecular formula is C18H22FNO4. The molecule has 0 unspecified atom stereocenters. The number of carbonyl (C=O) groups is 3. The number of imide groups is 1. The van der Waals surface area contributed by atoms with Crippen molar-refractivity contribution in [2.45, 2.75) is 46.5 Å². The summed E-state index contributed by atoms with van der Waals surface area (Å²) in [6, 6.07) is 0. The van der Waals surface area contributed by atoms with Gasteiger partial charge in [0.1, 0.15) is 0 Å². The first kappa shape index (κ1) is 16.9. The molecule has 2 amide bonds. The van der Waals surface area contributed by atoms with Crippen LogP contribution in [0, 0.1) is 17.3 Å². The van der Waals surface area contributed by atoms with Crippen molar-refractivity contribution in [2.75, 3.05) is 6.73 Å². The van der Waals surface area contributed by atoms with Crippen LogP contribution < -0.4 is 0 Å². The van der Waals surface area contributed by atoms with Crippen molar-refractivity contribution in [1.29, 1.82) is 0 Å². The minimum atomic E-state index is -0.493. The average Bonchev–Trinajstić information content (AvgIpc) is 2.96. The maximum atomic E-state index is 13.1. The zero-order valence-corrected chi connectivity index (χ0v) is 14.2. The second kappa shape index (κ2) is 5.83. The molecule has 3 aliphatic rings. The van der Waals surface area contributed by atoms with Crippen LogP contribution in [0.2, 0.25) is 0 Å². The van der Waals surface area contributed by atoms with Crippen LogP contribution in [0.15, 0.2) is 23.0 Å². The fourth-order valence-electron chi connectivity index (χ4n) is 3.82. The standard InChI is InChI=1S/C18H22FNO4/c1-10(19)8-13-14(18(13,2)3)17(23)24-9-20-15(21)11-6-4-5-7-12(11)16(20)22/h8,13-14H,4-7,9H2,1-3H3/b10-8-/t13-,14+/m1/s1. The Morgan fingerprint density at radius 1 is 1.25 bits per heavy atom. The van der Waals surface area contributed by atoms with Gasteiger partial charge in [0.2, 0.25) is 0 Å². The largest absolute Gasteiger partial charge is 0.443 e. The lowest BCUT2D eigenvalue weighted by atomic mass is 9.93. The number of amides is 2. The van der Waals surface area contributed by atoms with Crippen LogP contribution in [-0.2, 0) is 19.1 Å². The van der Waals surface area contributed by atoms with Gasteiger partial charge in [-0.25, -0.2) is 9.29 Å². The molecule has 0 aromatic carbocycles. The summed E-state index contributed by atoms with van der Waals surface area (Å²) in [6.45, 7) is 4.72. The molecular weight excluding hydrogens is 313 g/mol. The molecule has 24 heavy (non-hydrogen) atoms. The van der Waals surface area contributed by atoms with E-state index in [0.717, 1.165) is 17.7 Å². The molecule has 1 heterocycles. The van der Waals surface area contributed by atoms with E-state index in [0.29, 0.717) is 24.0 Å². The minimum absolute atomic E-state index is 0.216. The van der Waals surface area contributed by atoms with Gasteiger partial charge in [-0.2, -0.15) is 0 Å². The number of rotatable bonds is 4. The number of halogens is 1. The third kappa shape index (κ3) is 2.68. The van der Waals surface area contributed by atoms with Crippen LogP contribution >= 0.6 is 0 Å². The lowest BCUT2D eigenvalue weighted by molar-refractivity contribution is -0.156. The quantitative estimate of drug-likeness (QED) is 0.585. The Labute approximate surface area is 140 Å². The van der Waals surface area contributed by atoms with Crippen molar-refractivity contribution in [3.05, 3.63) is 23.0 Å². The molecule has 0 aromatic heterocycles. The Hall–Kier alpha value is -1.98. The number of hydrogen-bond donors (Lipinski definition) is 0. The zero-order chi connectivity index (χ0) is 17.6. The second-order valence-electron chi connectivity index (χ2n) is 7.37. The second-order valence-corrected chi connectivity index (χ2v) is 7.37. The van der Waals surface area contributed by atoms with Crippen LogP contribution in [0.4, 0.5) is 4.39 Å². The molecule has 0 radical (unpaired) electrons. The smallest absolute Gasteiger partial charge is 0.311 e. The first-order valence-electron chi connectivity index (χ1n) is 8.34. The summed E-state index contributed by atoms with van der Waals surface area (Å²) in [7, 11) is 0. The topological polar surface area (TPSA) is 63.7 Å². The molecule has 0 bridgehead atoms. The monoisotopic (exact) mass is 335 g/mol. The highest BCUT2D eigenvalue weighted by Crippen LogP contribution is 2.59. The number of ether oxygens (including phenoxy) is 1. The van der Waals surface area contributed by atoms with Gasteiger partial charge < -0.3 is 4.74 Å². The lowest BCUT2D eigenvalue weighted by Gasteiger charge is -2.15. The van der Waals surface area contributed by atoms with Crippen LogP contribution in [-0.4, -0.2) is 29.4 Å². The summed E-state index contributed by atoms with van der Waals surface area (Å²) in [5.74, 6) is -2.16. The molecule has 0 saturated heterocycles. The normalized spacial score (nSPS) is 29.0. The van der Waals surface area contributed by atoms with Gasteiger partial charge in [-0.1, -0.05) is 13.8 Å². The fourth-order valence-corrected chi connectivity index (χ4v) is 3.82. The van der Waals surface area contributed by atoms with Gasteiger partial charge in [-0.3, -0.25) is 14.4 Å². The van der Waals surface area contributed by atoms with Gasteiger partial charge in [0.25, 0.3) is 11.8 Å².